The van der Waals surface area contributed by atoms with Gasteiger partial charge in [-0.2, -0.15) is 0 Å². The lowest BCUT2D eigenvalue weighted by Gasteiger charge is -1.92. The second-order valence-electron chi connectivity index (χ2n) is 3.69. The van der Waals surface area contributed by atoms with E-state index in [4.69, 9.17) is 0 Å². The van der Waals surface area contributed by atoms with Crippen molar-refractivity contribution < 1.29 is 0 Å². The maximum Gasteiger partial charge on any atom is 0.137 e. The molecule has 2 aromatic heterocycles. The fourth-order valence-corrected chi connectivity index (χ4v) is 1.68. The van der Waals surface area contributed by atoms with Crippen LogP contribution < -0.4 is 0 Å². The number of rotatable bonds is 0. The van der Waals surface area contributed by atoms with Crippen LogP contribution in [-0.2, 0) is 0 Å². The molecule has 80 valence electrons. The summed E-state index contributed by atoms with van der Waals surface area (Å²) in [6.45, 7) is 0. The Bertz CT molecular complexity index is 700. The third-order valence-electron chi connectivity index (χ3n) is 2.53. The summed E-state index contributed by atoms with van der Waals surface area (Å²) in [4.78, 5) is 4.29. The molecule has 0 saturated carbocycles. The van der Waals surface area contributed by atoms with Crippen LogP contribution >= 0.6 is 0 Å². The number of pyridine rings is 1. The van der Waals surface area contributed by atoms with Gasteiger partial charge >= 0.3 is 0 Å². The van der Waals surface area contributed by atoms with Gasteiger partial charge in [-0.1, -0.05) is 30.2 Å². The molecule has 2 heteroatoms. The van der Waals surface area contributed by atoms with Crippen molar-refractivity contribution in [3.05, 3.63) is 72.2 Å². The lowest BCUT2D eigenvalue weighted by molar-refractivity contribution is 1.16. The minimum Gasteiger partial charge on any atom is -0.293 e. The molecule has 0 aliphatic rings. The number of fused-ring (bicyclic) bond motifs is 1. The van der Waals surface area contributed by atoms with Gasteiger partial charge < -0.3 is 0 Å². The first kappa shape index (κ1) is 9.68. The van der Waals surface area contributed by atoms with Gasteiger partial charge in [0.05, 0.1) is 6.20 Å². The molecule has 2 nitrogen and oxygen atoms in total. The van der Waals surface area contributed by atoms with Crippen LogP contribution in [0, 0.1) is 11.8 Å². The normalized spacial score (nSPS) is 9.88. The van der Waals surface area contributed by atoms with E-state index in [0.717, 1.165) is 16.9 Å². The van der Waals surface area contributed by atoms with E-state index >= 15 is 0 Å². The molecule has 0 bridgehead atoms. The van der Waals surface area contributed by atoms with Gasteiger partial charge in [-0.25, -0.2) is 4.98 Å². The Morgan fingerprint density at radius 2 is 1.71 bits per heavy atom. The van der Waals surface area contributed by atoms with E-state index < -0.39 is 0 Å². The van der Waals surface area contributed by atoms with Crippen molar-refractivity contribution in [3.8, 4) is 11.8 Å². The average molecular weight is 218 g/mol. The Morgan fingerprint density at radius 1 is 0.882 bits per heavy atom. The highest BCUT2D eigenvalue weighted by Crippen LogP contribution is 2.05. The third-order valence-corrected chi connectivity index (χ3v) is 2.53. The van der Waals surface area contributed by atoms with Crippen molar-refractivity contribution in [3.63, 3.8) is 0 Å². The maximum atomic E-state index is 4.29. The van der Waals surface area contributed by atoms with Gasteiger partial charge in [-0.3, -0.25) is 4.40 Å². The van der Waals surface area contributed by atoms with Crippen molar-refractivity contribution in [2.45, 2.75) is 0 Å². The summed E-state index contributed by atoms with van der Waals surface area (Å²) in [5, 5.41) is 0. The second kappa shape index (κ2) is 4.15. The topological polar surface area (TPSA) is 17.3 Å². The molecule has 3 aromatic rings. The summed E-state index contributed by atoms with van der Waals surface area (Å²) in [6, 6.07) is 15.9. The van der Waals surface area contributed by atoms with Crippen LogP contribution in [0.25, 0.3) is 5.65 Å². The predicted molar refractivity (Wildman–Crippen MR) is 67.6 cm³/mol. The molecule has 2 heterocycles. The predicted octanol–water partition coefficient (Wildman–Crippen LogP) is 2.73. The number of hydrogen-bond acceptors (Lipinski definition) is 1. The summed E-state index contributed by atoms with van der Waals surface area (Å²) in [7, 11) is 0. The molecule has 0 atom stereocenters. The van der Waals surface area contributed by atoms with E-state index in [-0.39, 0.29) is 0 Å². The Labute approximate surface area is 99.6 Å². The van der Waals surface area contributed by atoms with Crippen molar-refractivity contribution in [1.82, 2.24) is 9.38 Å². The molecule has 0 unspecified atom stereocenters. The number of imidazole rings is 1. The molecule has 3 rings (SSSR count). The fraction of sp³-hybridized carbons (Fsp3) is 0. The van der Waals surface area contributed by atoms with Crippen LogP contribution in [0.1, 0.15) is 11.3 Å². The van der Waals surface area contributed by atoms with Crippen molar-refractivity contribution in [2.75, 3.05) is 0 Å². The molecule has 0 aliphatic heterocycles. The van der Waals surface area contributed by atoms with E-state index in [1.165, 1.54) is 0 Å². The van der Waals surface area contributed by atoms with Crippen molar-refractivity contribution in [1.29, 1.82) is 0 Å². The van der Waals surface area contributed by atoms with Gasteiger partial charge in [0.2, 0.25) is 0 Å². The molecule has 0 spiro atoms. The summed E-state index contributed by atoms with van der Waals surface area (Å²) in [5.74, 6) is 6.26. The maximum absolute atomic E-state index is 4.29. The Kier molecular flexibility index (Phi) is 2.36. The molecule has 0 radical (unpaired) electrons. The summed E-state index contributed by atoms with van der Waals surface area (Å²) in [6.07, 6.45) is 3.77. The SMILES string of the molecule is C(#Cc1cnc2ccccn12)c1ccccc1. The smallest absolute Gasteiger partial charge is 0.137 e. The monoisotopic (exact) mass is 218 g/mol. The first-order valence-corrected chi connectivity index (χ1v) is 5.43. The van der Waals surface area contributed by atoms with Gasteiger partial charge in [-0.15, -0.1) is 0 Å². The molecule has 0 N–H and O–H groups in total. The molecule has 0 aliphatic carbocycles. The molecular formula is C15H10N2. The van der Waals surface area contributed by atoms with Gasteiger partial charge in [0.15, 0.2) is 0 Å². The number of nitrogens with zero attached hydrogens (tertiary/aromatic N) is 2. The zero-order valence-electron chi connectivity index (χ0n) is 9.17. The third kappa shape index (κ3) is 1.91. The lowest BCUT2D eigenvalue weighted by atomic mass is 10.2. The van der Waals surface area contributed by atoms with E-state index in [1.54, 1.807) is 6.20 Å². The number of hydrogen-bond donors (Lipinski definition) is 0. The largest absolute Gasteiger partial charge is 0.293 e. The van der Waals surface area contributed by atoms with Gasteiger partial charge in [0, 0.05) is 11.8 Å². The van der Waals surface area contributed by atoms with E-state index in [1.807, 2.05) is 59.1 Å². The van der Waals surface area contributed by atoms with E-state index in [9.17, 15) is 0 Å². The van der Waals surface area contributed by atoms with Crippen LogP contribution in [0.2, 0.25) is 0 Å². The molecule has 0 amide bonds. The highest BCUT2D eigenvalue weighted by Gasteiger charge is 1.97. The summed E-state index contributed by atoms with van der Waals surface area (Å²) < 4.78 is 1.98. The zero-order chi connectivity index (χ0) is 11.5. The van der Waals surface area contributed by atoms with Gasteiger partial charge in [0.1, 0.15) is 11.3 Å². The lowest BCUT2D eigenvalue weighted by Crippen LogP contribution is -1.85. The van der Waals surface area contributed by atoms with Crippen molar-refractivity contribution in [2.24, 2.45) is 0 Å². The van der Waals surface area contributed by atoms with E-state index in [0.29, 0.717) is 0 Å². The summed E-state index contributed by atoms with van der Waals surface area (Å²) >= 11 is 0. The standard InChI is InChI=1S/C15H10N2/c1-2-6-13(7-3-1)9-10-14-12-16-15-8-4-5-11-17(14)15/h1-8,11-12H. The molecule has 17 heavy (non-hydrogen) atoms. The Hall–Kier alpha value is -2.53. The van der Waals surface area contributed by atoms with E-state index in [2.05, 4.69) is 16.8 Å². The number of benzene rings is 1. The molecule has 1 aromatic carbocycles. The zero-order valence-corrected chi connectivity index (χ0v) is 9.17. The average Bonchev–Trinajstić information content (AvgIpc) is 2.81. The van der Waals surface area contributed by atoms with Crippen LogP contribution in [0.3, 0.4) is 0 Å². The Morgan fingerprint density at radius 3 is 2.59 bits per heavy atom. The van der Waals surface area contributed by atoms with Crippen LogP contribution in [-0.4, -0.2) is 9.38 Å². The van der Waals surface area contributed by atoms with Crippen LogP contribution in [0.5, 0.6) is 0 Å². The highest BCUT2D eigenvalue weighted by molar-refractivity contribution is 5.47. The van der Waals surface area contributed by atoms with Crippen molar-refractivity contribution >= 4 is 5.65 Å². The minimum atomic E-state index is 0.907. The first-order chi connectivity index (χ1) is 8.43. The van der Waals surface area contributed by atoms with Crippen LogP contribution in [0.4, 0.5) is 0 Å². The fourth-order valence-electron chi connectivity index (χ4n) is 1.68. The highest BCUT2D eigenvalue weighted by atomic mass is 15.0. The first-order valence-electron chi connectivity index (χ1n) is 5.43. The van der Waals surface area contributed by atoms with Gasteiger partial charge in [-0.05, 0) is 30.2 Å². The Balaban J connectivity index is 2.04. The van der Waals surface area contributed by atoms with Gasteiger partial charge in [0.25, 0.3) is 0 Å². The quantitative estimate of drug-likeness (QED) is 0.530. The molecular weight excluding hydrogens is 208 g/mol. The minimum absolute atomic E-state index is 0.907. The van der Waals surface area contributed by atoms with Crippen LogP contribution in [0.15, 0.2) is 60.9 Å². The molecule has 0 saturated heterocycles. The molecule has 0 fully saturated rings. The summed E-state index contributed by atoms with van der Waals surface area (Å²) in [5.41, 5.74) is 2.84. The second-order valence-corrected chi connectivity index (χ2v) is 3.69. The number of aromatic nitrogens is 2.